The molecule has 1 aliphatic heterocycles. The normalized spacial score (nSPS) is 26.4. The van der Waals surface area contributed by atoms with Gasteiger partial charge in [0.1, 0.15) is 12.2 Å². The Labute approximate surface area is 149 Å². The number of esters is 1. The number of carbonyl (C=O) groups excluding carboxylic acids is 1. The van der Waals surface area contributed by atoms with Gasteiger partial charge < -0.3 is 19.3 Å². The minimum atomic E-state index is -0.726. The van der Waals surface area contributed by atoms with Crippen molar-refractivity contribution in [3.8, 4) is 0 Å². The number of aliphatic carboxylic acids is 1. The average molecular weight is 357 g/mol. The van der Waals surface area contributed by atoms with Crippen LogP contribution >= 0.6 is 0 Å². The van der Waals surface area contributed by atoms with Gasteiger partial charge in [-0.15, -0.1) is 0 Å². The van der Waals surface area contributed by atoms with Crippen molar-refractivity contribution in [2.24, 2.45) is 5.92 Å². The van der Waals surface area contributed by atoms with Crippen molar-refractivity contribution in [3.63, 3.8) is 0 Å². The summed E-state index contributed by atoms with van der Waals surface area (Å²) in [5, 5.41) is 9.09. The Morgan fingerprint density at radius 3 is 2.24 bits per heavy atom. The first-order valence-corrected chi connectivity index (χ1v) is 9.20. The summed E-state index contributed by atoms with van der Waals surface area (Å²) in [5.74, 6) is -1.40. The maximum atomic E-state index is 11.9. The minimum absolute atomic E-state index is 0.0279. The molecule has 0 aromatic carbocycles. The monoisotopic (exact) mass is 357 g/mol. The highest BCUT2D eigenvalue weighted by Gasteiger charge is 2.31. The Hall–Kier alpha value is -1.18. The molecule has 1 aliphatic carbocycles. The Bertz CT molecular complexity index is 447. The highest BCUT2D eigenvalue weighted by molar-refractivity contribution is 5.71. The summed E-state index contributed by atoms with van der Waals surface area (Å²) in [5.41, 5.74) is -0.542. The number of hydrogen-bond acceptors (Lipinski definition) is 6. The van der Waals surface area contributed by atoms with Crippen LogP contribution in [0.1, 0.15) is 59.3 Å². The molecular weight excluding hydrogens is 326 g/mol. The molecule has 2 aliphatic rings. The Kier molecular flexibility index (Phi) is 7.22. The SMILES string of the molecule is CC(C)(C)OC(=O)COC(OC1CCC(C(=O)O)CC1)N1CCCC1. The van der Waals surface area contributed by atoms with Crippen molar-refractivity contribution < 1.29 is 28.9 Å². The van der Waals surface area contributed by atoms with E-state index in [0.29, 0.717) is 25.7 Å². The van der Waals surface area contributed by atoms with Gasteiger partial charge in [-0.05, 0) is 59.3 Å². The summed E-state index contributed by atoms with van der Waals surface area (Å²) in [7, 11) is 0. The number of likely N-dealkylation sites (tertiary alicyclic amines) is 1. The molecule has 0 radical (unpaired) electrons. The standard InChI is InChI=1S/C18H31NO6/c1-18(2,3)25-15(20)12-23-17(19-10-4-5-11-19)24-14-8-6-13(7-9-14)16(21)22/h13-14,17H,4-12H2,1-3H3,(H,21,22). The first-order chi connectivity index (χ1) is 11.7. The first kappa shape index (κ1) is 20.1. The lowest BCUT2D eigenvalue weighted by Crippen LogP contribution is -2.42. The van der Waals surface area contributed by atoms with Crippen LogP contribution < -0.4 is 0 Å². The van der Waals surface area contributed by atoms with E-state index in [1.54, 1.807) is 0 Å². The van der Waals surface area contributed by atoms with E-state index in [1.165, 1.54) is 0 Å². The summed E-state index contributed by atoms with van der Waals surface area (Å²) < 4.78 is 17.1. The van der Waals surface area contributed by atoms with Crippen LogP contribution in [0.2, 0.25) is 0 Å². The van der Waals surface area contributed by atoms with Gasteiger partial charge in [-0.3, -0.25) is 9.69 Å². The molecule has 2 rings (SSSR count). The van der Waals surface area contributed by atoms with E-state index in [4.69, 9.17) is 19.3 Å². The van der Waals surface area contributed by atoms with Crippen LogP contribution in [0.5, 0.6) is 0 Å². The van der Waals surface area contributed by atoms with Crippen molar-refractivity contribution in [1.82, 2.24) is 4.90 Å². The maximum Gasteiger partial charge on any atom is 0.332 e. The largest absolute Gasteiger partial charge is 0.481 e. The lowest BCUT2D eigenvalue weighted by Gasteiger charge is -2.33. The summed E-state index contributed by atoms with van der Waals surface area (Å²) in [6.45, 7) is 7.07. The van der Waals surface area contributed by atoms with Gasteiger partial charge in [0, 0.05) is 13.1 Å². The molecule has 0 aromatic heterocycles. The van der Waals surface area contributed by atoms with E-state index in [9.17, 15) is 9.59 Å². The summed E-state index contributed by atoms with van der Waals surface area (Å²) in [6, 6.07) is 0. The fourth-order valence-corrected chi connectivity index (χ4v) is 3.30. The molecule has 7 heteroatoms. The Balaban J connectivity index is 1.84. The highest BCUT2D eigenvalue weighted by Crippen LogP contribution is 2.28. The molecular formula is C18H31NO6. The second kappa shape index (κ2) is 8.96. The molecule has 1 saturated carbocycles. The maximum absolute atomic E-state index is 11.9. The summed E-state index contributed by atoms with van der Waals surface area (Å²) in [4.78, 5) is 25.1. The molecule has 144 valence electrons. The quantitative estimate of drug-likeness (QED) is 0.553. The van der Waals surface area contributed by atoms with Gasteiger partial charge in [0.25, 0.3) is 0 Å². The summed E-state index contributed by atoms with van der Waals surface area (Å²) in [6.07, 6.45) is 4.23. The van der Waals surface area contributed by atoms with Crippen LogP contribution in [-0.2, 0) is 23.8 Å². The van der Waals surface area contributed by atoms with E-state index in [2.05, 4.69) is 4.90 Å². The van der Waals surface area contributed by atoms with Crippen molar-refractivity contribution in [1.29, 1.82) is 0 Å². The van der Waals surface area contributed by atoms with Crippen LogP contribution in [0.4, 0.5) is 0 Å². The van der Waals surface area contributed by atoms with Crippen LogP contribution in [0.3, 0.4) is 0 Å². The fraction of sp³-hybridized carbons (Fsp3) is 0.889. The van der Waals surface area contributed by atoms with Gasteiger partial charge in [-0.1, -0.05) is 0 Å². The number of hydrogen-bond donors (Lipinski definition) is 1. The number of carboxylic acid groups (broad SMARTS) is 1. The minimum Gasteiger partial charge on any atom is -0.481 e. The van der Waals surface area contributed by atoms with Crippen molar-refractivity contribution in [3.05, 3.63) is 0 Å². The van der Waals surface area contributed by atoms with Gasteiger partial charge in [0.2, 0.25) is 6.41 Å². The highest BCUT2D eigenvalue weighted by atomic mass is 16.7. The third-order valence-electron chi connectivity index (χ3n) is 4.53. The van der Waals surface area contributed by atoms with Crippen LogP contribution in [0.15, 0.2) is 0 Å². The molecule has 1 saturated heterocycles. The number of carboxylic acids is 1. The zero-order chi connectivity index (χ0) is 18.4. The topological polar surface area (TPSA) is 85.3 Å². The molecule has 25 heavy (non-hydrogen) atoms. The van der Waals surface area contributed by atoms with E-state index >= 15 is 0 Å². The molecule has 0 spiro atoms. The molecule has 1 unspecified atom stereocenters. The third-order valence-corrected chi connectivity index (χ3v) is 4.53. The number of rotatable bonds is 7. The lowest BCUT2D eigenvalue weighted by atomic mass is 9.87. The third kappa shape index (κ3) is 6.92. The second-order valence-corrected chi connectivity index (χ2v) is 7.90. The Morgan fingerprint density at radius 1 is 1.12 bits per heavy atom. The molecule has 0 amide bonds. The molecule has 0 aromatic rings. The van der Waals surface area contributed by atoms with Gasteiger partial charge in [-0.2, -0.15) is 0 Å². The van der Waals surface area contributed by atoms with Crippen molar-refractivity contribution in [2.45, 2.75) is 77.4 Å². The van der Waals surface area contributed by atoms with Gasteiger partial charge >= 0.3 is 11.9 Å². The number of nitrogens with zero attached hydrogens (tertiary/aromatic N) is 1. The molecule has 7 nitrogen and oxygen atoms in total. The van der Waals surface area contributed by atoms with Crippen LogP contribution in [0, 0.1) is 5.92 Å². The van der Waals surface area contributed by atoms with E-state index < -0.39 is 24.0 Å². The predicted molar refractivity (Wildman–Crippen MR) is 90.9 cm³/mol. The van der Waals surface area contributed by atoms with E-state index in [-0.39, 0.29) is 18.6 Å². The Morgan fingerprint density at radius 2 is 1.72 bits per heavy atom. The predicted octanol–water partition coefficient (Wildman–Crippen LogP) is 2.38. The van der Waals surface area contributed by atoms with Crippen LogP contribution in [-0.4, -0.2) is 59.8 Å². The van der Waals surface area contributed by atoms with E-state index in [1.807, 2.05) is 20.8 Å². The molecule has 1 atom stereocenters. The number of ether oxygens (including phenoxy) is 3. The fourth-order valence-electron chi connectivity index (χ4n) is 3.30. The smallest absolute Gasteiger partial charge is 0.332 e. The van der Waals surface area contributed by atoms with Crippen molar-refractivity contribution >= 4 is 11.9 Å². The van der Waals surface area contributed by atoms with E-state index in [0.717, 1.165) is 25.9 Å². The van der Waals surface area contributed by atoms with Crippen LogP contribution in [0.25, 0.3) is 0 Å². The van der Waals surface area contributed by atoms with Gasteiger partial charge in [0.15, 0.2) is 0 Å². The lowest BCUT2D eigenvalue weighted by molar-refractivity contribution is -0.248. The number of carbonyl (C=O) groups is 2. The zero-order valence-corrected chi connectivity index (χ0v) is 15.5. The molecule has 2 fully saturated rings. The van der Waals surface area contributed by atoms with Gasteiger partial charge in [-0.25, -0.2) is 4.79 Å². The van der Waals surface area contributed by atoms with Gasteiger partial charge in [0.05, 0.1) is 12.0 Å². The zero-order valence-electron chi connectivity index (χ0n) is 15.5. The average Bonchev–Trinajstić information content (AvgIpc) is 3.04. The van der Waals surface area contributed by atoms with Crippen molar-refractivity contribution in [2.75, 3.05) is 19.7 Å². The summed E-state index contributed by atoms with van der Waals surface area (Å²) >= 11 is 0. The second-order valence-electron chi connectivity index (χ2n) is 7.90. The molecule has 1 heterocycles. The molecule has 0 bridgehead atoms. The molecule has 1 N–H and O–H groups in total. The first-order valence-electron chi connectivity index (χ1n) is 9.20.